The van der Waals surface area contributed by atoms with E-state index in [2.05, 4.69) is 30.9 Å². The van der Waals surface area contributed by atoms with Crippen LogP contribution in [0.1, 0.15) is 36.1 Å². The zero-order chi connectivity index (χ0) is 11.6. The monoisotopic (exact) mass is 202 g/mol. The van der Waals surface area contributed by atoms with Crippen molar-refractivity contribution in [1.29, 1.82) is 0 Å². The third-order valence-corrected chi connectivity index (χ3v) is 2.17. The molecule has 0 aliphatic heterocycles. The first-order valence-corrected chi connectivity index (χ1v) is 5.13. The van der Waals surface area contributed by atoms with Gasteiger partial charge in [0, 0.05) is 5.56 Å². The summed E-state index contributed by atoms with van der Waals surface area (Å²) < 4.78 is 0. The van der Waals surface area contributed by atoms with Gasteiger partial charge in [0.25, 0.3) is 0 Å². The molecule has 0 radical (unpaired) electrons. The predicted octanol–water partition coefficient (Wildman–Crippen LogP) is 2.73. The first-order chi connectivity index (χ1) is 6.79. The fraction of sp³-hybridized carbons (Fsp3) is 0.429. The van der Waals surface area contributed by atoms with Gasteiger partial charge in [0.2, 0.25) is 0 Å². The number of rotatable bonds is 0. The molecule has 0 unspecified atom stereocenters. The molecule has 1 heteroatoms. The summed E-state index contributed by atoms with van der Waals surface area (Å²) in [4.78, 5) is 0. The molecule has 1 aromatic rings. The minimum absolute atomic E-state index is 0.927. The van der Waals surface area contributed by atoms with Crippen LogP contribution in [0.15, 0.2) is 12.1 Å². The normalized spacial score (nSPS) is 10.8. The highest BCUT2D eigenvalue weighted by atomic mass is 16.3. The highest BCUT2D eigenvalue weighted by Gasteiger charge is 2.07. The van der Waals surface area contributed by atoms with Gasteiger partial charge in [-0.15, -0.1) is 0 Å². The van der Waals surface area contributed by atoms with E-state index in [9.17, 15) is 5.11 Å². The van der Waals surface area contributed by atoms with Crippen molar-refractivity contribution in [2.75, 3.05) is 0 Å². The Balaban J connectivity index is 3.20. The Morgan fingerprint density at radius 3 is 1.93 bits per heavy atom. The van der Waals surface area contributed by atoms with E-state index in [0.29, 0.717) is 0 Å². The molecule has 1 N–H and O–H groups in total. The van der Waals surface area contributed by atoms with Crippen molar-refractivity contribution in [1.82, 2.24) is 0 Å². The molecule has 0 spiro atoms. The van der Waals surface area contributed by atoms with E-state index in [1.54, 1.807) is 13.8 Å². The number of benzene rings is 1. The summed E-state index contributed by atoms with van der Waals surface area (Å²) in [6, 6.07) is 4.22. The van der Waals surface area contributed by atoms with Gasteiger partial charge < -0.3 is 5.11 Å². The van der Waals surface area contributed by atoms with Crippen LogP contribution >= 0.6 is 0 Å². The lowest BCUT2D eigenvalue weighted by Gasteiger charge is -2.08. The van der Waals surface area contributed by atoms with Crippen molar-refractivity contribution in [2.24, 2.45) is 0 Å². The molecule has 1 nitrogen and oxygen atoms in total. The van der Waals surface area contributed by atoms with E-state index in [1.807, 2.05) is 13.8 Å². The third-order valence-electron chi connectivity index (χ3n) is 2.17. The number of hydrogen-bond donors (Lipinski definition) is 1. The summed E-state index contributed by atoms with van der Waals surface area (Å²) in [5.74, 6) is 5.89. The smallest absolute Gasteiger partial charge is 0.120 e. The van der Waals surface area contributed by atoms with Gasteiger partial charge in [-0.1, -0.05) is 29.5 Å². The molecule has 0 aliphatic carbocycles. The average molecular weight is 202 g/mol. The number of hydrogen-bond acceptors (Lipinski definition) is 1. The first kappa shape index (κ1) is 11.8. The quantitative estimate of drug-likeness (QED) is 0.641. The molecule has 0 fully saturated rings. The lowest BCUT2D eigenvalue weighted by atomic mass is 9.99. The van der Waals surface area contributed by atoms with Crippen LogP contribution in [0.4, 0.5) is 0 Å². The largest absolute Gasteiger partial charge is 0.378 e. The number of aryl methyl sites for hydroxylation is 3. The molecule has 0 amide bonds. The number of aliphatic hydroxyl groups is 1. The summed E-state index contributed by atoms with van der Waals surface area (Å²) in [5.41, 5.74) is 3.69. The van der Waals surface area contributed by atoms with Crippen LogP contribution in [0.25, 0.3) is 0 Å². The minimum Gasteiger partial charge on any atom is -0.378 e. The second kappa shape index (κ2) is 4.08. The molecule has 0 aromatic heterocycles. The van der Waals surface area contributed by atoms with Gasteiger partial charge in [-0.05, 0) is 45.7 Å². The highest BCUT2D eigenvalue weighted by molar-refractivity contribution is 5.48. The summed E-state index contributed by atoms with van der Waals surface area (Å²) in [7, 11) is 0. The Kier molecular flexibility index (Phi) is 3.21. The fourth-order valence-electron chi connectivity index (χ4n) is 1.59. The van der Waals surface area contributed by atoms with E-state index in [4.69, 9.17) is 0 Å². The maximum atomic E-state index is 9.54. The van der Waals surface area contributed by atoms with Crippen LogP contribution in [-0.4, -0.2) is 10.7 Å². The van der Waals surface area contributed by atoms with Gasteiger partial charge in [-0.2, -0.15) is 0 Å². The van der Waals surface area contributed by atoms with E-state index in [1.165, 1.54) is 16.7 Å². The Morgan fingerprint density at radius 1 is 1.07 bits per heavy atom. The minimum atomic E-state index is -0.927. The SMILES string of the molecule is Cc1cc(C)c(C#CC(C)(C)O)c(C)c1. The maximum Gasteiger partial charge on any atom is 0.120 e. The van der Waals surface area contributed by atoms with Gasteiger partial charge >= 0.3 is 0 Å². The topological polar surface area (TPSA) is 20.2 Å². The van der Waals surface area contributed by atoms with E-state index in [-0.39, 0.29) is 0 Å². The zero-order valence-electron chi connectivity index (χ0n) is 10.1. The van der Waals surface area contributed by atoms with Crippen LogP contribution in [0.2, 0.25) is 0 Å². The van der Waals surface area contributed by atoms with Crippen molar-refractivity contribution in [2.45, 2.75) is 40.2 Å². The fourth-order valence-corrected chi connectivity index (χ4v) is 1.59. The molecule has 0 aliphatic rings. The van der Waals surface area contributed by atoms with Crippen molar-refractivity contribution < 1.29 is 5.11 Å². The third kappa shape index (κ3) is 3.42. The van der Waals surface area contributed by atoms with Crippen LogP contribution in [0.5, 0.6) is 0 Å². The van der Waals surface area contributed by atoms with Crippen molar-refractivity contribution in [3.8, 4) is 11.8 Å². The van der Waals surface area contributed by atoms with E-state index in [0.717, 1.165) is 5.56 Å². The molecule has 0 bridgehead atoms. The molecule has 80 valence electrons. The lowest BCUT2D eigenvalue weighted by Crippen LogP contribution is -2.14. The van der Waals surface area contributed by atoms with Crippen LogP contribution in [-0.2, 0) is 0 Å². The van der Waals surface area contributed by atoms with Gasteiger partial charge in [0.1, 0.15) is 5.60 Å². The summed E-state index contributed by atoms with van der Waals surface area (Å²) in [5, 5.41) is 9.54. The Hall–Kier alpha value is -1.26. The van der Waals surface area contributed by atoms with E-state index < -0.39 is 5.60 Å². The first-order valence-electron chi connectivity index (χ1n) is 5.13. The average Bonchev–Trinajstić information content (AvgIpc) is 1.99. The summed E-state index contributed by atoms with van der Waals surface area (Å²) in [6.07, 6.45) is 0. The Bertz CT molecular complexity index is 402. The highest BCUT2D eigenvalue weighted by Crippen LogP contribution is 2.15. The molecule has 0 saturated heterocycles. The second-order valence-electron chi connectivity index (χ2n) is 4.58. The molecule has 1 aromatic carbocycles. The van der Waals surface area contributed by atoms with Crippen LogP contribution in [0.3, 0.4) is 0 Å². The van der Waals surface area contributed by atoms with Crippen molar-refractivity contribution in [3.05, 3.63) is 34.4 Å². The van der Waals surface area contributed by atoms with Crippen molar-refractivity contribution in [3.63, 3.8) is 0 Å². The lowest BCUT2D eigenvalue weighted by molar-refractivity contribution is 0.143. The summed E-state index contributed by atoms with van der Waals surface area (Å²) >= 11 is 0. The van der Waals surface area contributed by atoms with Gasteiger partial charge in [-0.25, -0.2) is 0 Å². The zero-order valence-corrected chi connectivity index (χ0v) is 10.1. The van der Waals surface area contributed by atoms with E-state index >= 15 is 0 Å². The Morgan fingerprint density at radius 2 is 1.53 bits per heavy atom. The molecule has 0 saturated carbocycles. The van der Waals surface area contributed by atoms with Crippen LogP contribution < -0.4 is 0 Å². The Labute approximate surface area is 92.1 Å². The molecular weight excluding hydrogens is 184 g/mol. The van der Waals surface area contributed by atoms with Gasteiger partial charge in [0.15, 0.2) is 0 Å². The molecule has 1 rings (SSSR count). The van der Waals surface area contributed by atoms with Gasteiger partial charge in [-0.3, -0.25) is 0 Å². The molecular formula is C14H18O. The predicted molar refractivity (Wildman–Crippen MR) is 63.8 cm³/mol. The van der Waals surface area contributed by atoms with Crippen molar-refractivity contribution >= 4 is 0 Å². The molecule has 0 atom stereocenters. The maximum absolute atomic E-state index is 9.54. The van der Waals surface area contributed by atoms with Gasteiger partial charge in [0.05, 0.1) is 0 Å². The summed E-state index contributed by atoms with van der Waals surface area (Å²) in [6.45, 7) is 9.56. The molecule has 0 heterocycles. The molecule has 15 heavy (non-hydrogen) atoms. The standard InChI is InChI=1S/C14H18O/c1-10-8-11(2)13(12(3)9-10)6-7-14(4,5)15/h8-9,15H,1-5H3. The van der Waals surface area contributed by atoms with Crippen LogP contribution in [0, 0.1) is 32.6 Å². The second-order valence-corrected chi connectivity index (χ2v) is 4.58.